The van der Waals surface area contributed by atoms with Crippen LogP contribution < -0.4 is 0 Å². The number of aliphatic hydroxyl groups excluding tert-OH is 2. The molecule has 0 saturated carbocycles. The van der Waals surface area contributed by atoms with E-state index in [1.807, 2.05) is 6.92 Å². The van der Waals surface area contributed by atoms with E-state index in [2.05, 4.69) is 6.92 Å². The van der Waals surface area contributed by atoms with Crippen molar-refractivity contribution in [3.05, 3.63) is 0 Å². The van der Waals surface area contributed by atoms with E-state index < -0.39 is 0 Å². The predicted molar refractivity (Wildman–Crippen MR) is 61.0 cm³/mol. The van der Waals surface area contributed by atoms with Gasteiger partial charge in [0.2, 0.25) is 0 Å². The summed E-state index contributed by atoms with van der Waals surface area (Å²) in [6, 6.07) is 0. The summed E-state index contributed by atoms with van der Waals surface area (Å²) < 4.78 is 9.82. The summed E-state index contributed by atoms with van der Waals surface area (Å²) in [5, 5.41) is 16.8. The first-order valence-electron chi connectivity index (χ1n) is 5.63. The molecule has 4 nitrogen and oxygen atoms in total. The molecule has 1 unspecified atom stereocenters. The van der Waals surface area contributed by atoms with Crippen molar-refractivity contribution < 1.29 is 19.7 Å². The molecule has 0 aliphatic rings. The largest absolute Gasteiger partial charge is 0.394 e. The van der Waals surface area contributed by atoms with Crippen molar-refractivity contribution in [3.8, 4) is 0 Å². The number of hydrogen-bond acceptors (Lipinski definition) is 4. The first-order chi connectivity index (χ1) is 7.18. The van der Waals surface area contributed by atoms with E-state index in [0.717, 1.165) is 19.4 Å². The Labute approximate surface area is 93.2 Å². The number of aliphatic hydroxyl groups is 2. The highest BCUT2D eigenvalue weighted by atomic mass is 16.5. The average Bonchev–Trinajstić information content (AvgIpc) is 2.22. The van der Waals surface area contributed by atoms with Crippen LogP contribution in [0.2, 0.25) is 0 Å². The van der Waals surface area contributed by atoms with Gasteiger partial charge in [-0.15, -0.1) is 0 Å². The molecule has 1 atom stereocenters. The SMILES string of the molecule is CCCCOCC(C)O.CCOCCO. The highest BCUT2D eigenvalue weighted by Crippen LogP contribution is 1.89. The molecule has 0 aliphatic carbocycles. The van der Waals surface area contributed by atoms with Gasteiger partial charge in [0.1, 0.15) is 0 Å². The minimum Gasteiger partial charge on any atom is -0.394 e. The Morgan fingerprint density at radius 3 is 2.13 bits per heavy atom. The standard InChI is InChI=1S/C7H16O2.C4H10O2/c1-3-4-5-9-6-7(2)8;1-2-6-4-3-5/h7-8H,3-6H2,1-2H3;5H,2-4H2,1H3. The van der Waals surface area contributed by atoms with Crippen molar-refractivity contribution in [2.45, 2.75) is 39.7 Å². The van der Waals surface area contributed by atoms with E-state index in [9.17, 15) is 0 Å². The fourth-order valence-corrected chi connectivity index (χ4v) is 0.709. The second kappa shape index (κ2) is 16.3. The lowest BCUT2D eigenvalue weighted by Crippen LogP contribution is -2.10. The molecule has 0 bridgehead atoms. The Morgan fingerprint density at radius 2 is 1.80 bits per heavy atom. The third-order valence-electron chi connectivity index (χ3n) is 1.44. The lowest BCUT2D eigenvalue weighted by atomic mass is 10.4. The van der Waals surface area contributed by atoms with E-state index in [1.54, 1.807) is 6.92 Å². The lowest BCUT2D eigenvalue weighted by molar-refractivity contribution is 0.0450. The van der Waals surface area contributed by atoms with E-state index in [-0.39, 0.29) is 12.7 Å². The minimum absolute atomic E-state index is 0.133. The van der Waals surface area contributed by atoms with Crippen LogP contribution in [0, 0.1) is 0 Å². The molecule has 94 valence electrons. The van der Waals surface area contributed by atoms with Crippen LogP contribution in [0.5, 0.6) is 0 Å². The zero-order chi connectivity index (χ0) is 11.9. The third kappa shape index (κ3) is 24.8. The van der Waals surface area contributed by atoms with Crippen LogP contribution in [0.3, 0.4) is 0 Å². The van der Waals surface area contributed by atoms with E-state index in [4.69, 9.17) is 19.7 Å². The summed E-state index contributed by atoms with van der Waals surface area (Å²) >= 11 is 0. The molecule has 0 amide bonds. The maximum atomic E-state index is 8.73. The Balaban J connectivity index is 0. The molecule has 0 aromatic heterocycles. The van der Waals surface area contributed by atoms with Crippen LogP contribution in [-0.2, 0) is 9.47 Å². The molecule has 0 saturated heterocycles. The molecule has 0 aliphatic heterocycles. The van der Waals surface area contributed by atoms with Crippen LogP contribution in [0.1, 0.15) is 33.6 Å². The molecule has 0 spiro atoms. The van der Waals surface area contributed by atoms with Crippen LogP contribution in [0.15, 0.2) is 0 Å². The second-order valence-corrected chi connectivity index (χ2v) is 3.20. The smallest absolute Gasteiger partial charge is 0.0745 e. The Hall–Kier alpha value is -0.160. The second-order valence-electron chi connectivity index (χ2n) is 3.20. The zero-order valence-electron chi connectivity index (χ0n) is 10.2. The number of unbranched alkanes of at least 4 members (excludes halogenated alkanes) is 1. The Morgan fingerprint density at radius 1 is 1.13 bits per heavy atom. The maximum Gasteiger partial charge on any atom is 0.0745 e. The van der Waals surface area contributed by atoms with Gasteiger partial charge in [-0.25, -0.2) is 0 Å². The fourth-order valence-electron chi connectivity index (χ4n) is 0.709. The van der Waals surface area contributed by atoms with Gasteiger partial charge in [-0.1, -0.05) is 13.3 Å². The van der Waals surface area contributed by atoms with Gasteiger partial charge < -0.3 is 19.7 Å². The van der Waals surface area contributed by atoms with Gasteiger partial charge in [-0.05, 0) is 20.3 Å². The molecular formula is C11H26O4. The monoisotopic (exact) mass is 222 g/mol. The highest BCUT2D eigenvalue weighted by molar-refractivity contribution is 4.40. The molecule has 0 rings (SSSR count). The quantitative estimate of drug-likeness (QED) is 0.606. The highest BCUT2D eigenvalue weighted by Gasteiger charge is 1.92. The molecule has 2 N–H and O–H groups in total. The summed E-state index contributed by atoms with van der Waals surface area (Å²) in [4.78, 5) is 0. The molecular weight excluding hydrogens is 196 g/mol. The first-order valence-corrected chi connectivity index (χ1v) is 5.63. The van der Waals surface area contributed by atoms with E-state index in [0.29, 0.717) is 19.8 Å². The molecule has 4 heteroatoms. The predicted octanol–water partition coefficient (Wildman–Crippen LogP) is 1.20. The van der Waals surface area contributed by atoms with Crippen molar-refractivity contribution in [2.75, 3.05) is 33.0 Å². The summed E-state index contributed by atoms with van der Waals surface area (Å²) in [6.07, 6.45) is 1.92. The summed E-state index contributed by atoms with van der Waals surface area (Å²) in [6.45, 7) is 8.29. The molecule has 0 radical (unpaired) electrons. The zero-order valence-corrected chi connectivity index (χ0v) is 10.2. The molecule has 0 fully saturated rings. The average molecular weight is 222 g/mol. The Bertz CT molecular complexity index is 92.6. The van der Waals surface area contributed by atoms with E-state index >= 15 is 0 Å². The Kier molecular flexibility index (Phi) is 18.7. The van der Waals surface area contributed by atoms with Crippen LogP contribution in [0.25, 0.3) is 0 Å². The first kappa shape index (κ1) is 17.2. The summed E-state index contributed by atoms with van der Waals surface area (Å²) in [5.41, 5.74) is 0. The van der Waals surface area contributed by atoms with Crippen molar-refractivity contribution in [2.24, 2.45) is 0 Å². The number of hydrogen-bond donors (Lipinski definition) is 2. The van der Waals surface area contributed by atoms with Crippen LogP contribution in [0.4, 0.5) is 0 Å². The van der Waals surface area contributed by atoms with Gasteiger partial charge in [0, 0.05) is 13.2 Å². The van der Waals surface area contributed by atoms with Gasteiger partial charge in [0.15, 0.2) is 0 Å². The molecule has 0 aromatic rings. The summed E-state index contributed by atoms with van der Waals surface area (Å²) in [7, 11) is 0. The van der Waals surface area contributed by atoms with Gasteiger partial charge in [-0.3, -0.25) is 0 Å². The maximum absolute atomic E-state index is 8.73. The summed E-state index contributed by atoms with van der Waals surface area (Å²) in [5.74, 6) is 0. The van der Waals surface area contributed by atoms with Gasteiger partial charge in [-0.2, -0.15) is 0 Å². The third-order valence-corrected chi connectivity index (χ3v) is 1.44. The van der Waals surface area contributed by atoms with Crippen LogP contribution in [-0.4, -0.2) is 49.4 Å². The topological polar surface area (TPSA) is 58.9 Å². The van der Waals surface area contributed by atoms with Crippen molar-refractivity contribution in [3.63, 3.8) is 0 Å². The van der Waals surface area contributed by atoms with Gasteiger partial charge >= 0.3 is 0 Å². The number of ether oxygens (including phenoxy) is 2. The van der Waals surface area contributed by atoms with Gasteiger partial charge in [0.25, 0.3) is 0 Å². The molecule has 0 heterocycles. The van der Waals surface area contributed by atoms with Crippen molar-refractivity contribution in [1.82, 2.24) is 0 Å². The van der Waals surface area contributed by atoms with Crippen molar-refractivity contribution in [1.29, 1.82) is 0 Å². The van der Waals surface area contributed by atoms with Crippen molar-refractivity contribution >= 4 is 0 Å². The van der Waals surface area contributed by atoms with Gasteiger partial charge in [0.05, 0.1) is 25.9 Å². The molecule has 15 heavy (non-hydrogen) atoms. The van der Waals surface area contributed by atoms with Crippen LogP contribution >= 0.6 is 0 Å². The number of rotatable bonds is 8. The fraction of sp³-hybridized carbons (Fsp3) is 1.00. The normalized spacial score (nSPS) is 11.8. The molecule has 0 aromatic carbocycles. The lowest BCUT2D eigenvalue weighted by Gasteiger charge is -2.03. The van der Waals surface area contributed by atoms with E-state index in [1.165, 1.54) is 0 Å². The minimum atomic E-state index is -0.318.